The first-order chi connectivity index (χ1) is 17.9. The summed E-state index contributed by atoms with van der Waals surface area (Å²) in [5, 5.41) is 1.50. The Balaban J connectivity index is 1.55. The molecule has 0 saturated heterocycles. The van der Waals surface area contributed by atoms with Gasteiger partial charge < -0.3 is 9.64 Å². The number of methoxy groups -OCH3 is 1. The minimum Gasteiger partial charge on any atom is -0.496 e. The van der Waals surface area contributed by atoms with E-state index in [1.165, 1.54) is 11.3 Å². The molecule has 1 amide bonds. The van der Waals surface area contributed by atoms with Crippen LogP contribution in [0.25, 0.3) is 21.2 Å². The van der Waals surface area contributed by atoms with Gasteiger partial charge in [0.2, 0.25) is 0 Å². The molecule has 0 atom stereocenters. The second kappa shape index (κ2) is 11.3. The van der Waals surface area contributed by atoms with Crippen molar-refractivity contribution in [2.45, 2.75) is 52.1 Å². The summed E-state index contributed by atoms with van der Waals surface area (Å²) in [5.41, 5.74) is 4.12. The van der Waals surface area contributed by atoms with Gasteiger partial charge in [-0.25, -0.2) is 4.98 Å². The molecule has 5 rings (SSSR count). The van der Waals surface area contributed by atoms with E-state index in [2.05, 4.69) is 52.7 Å². The Morgan fingerprint density at radius 2 is 1.89 bits per heavy atom. The lowest BCUT2D eigenvalue weighted by molar-refractivity contribution is 0.0597. The van der Waals surface area contributed by atoms with E-state index in [9.17, 15) is 4.79 Å². The number of hydrogen-bond donors (Lipinski definition) is 0. The second-order valence-corrected chi connectivity index (χ2v) is 12.4. The Bertz CT molecular complexity index is 1450. The van der Waals surface area contributed by atoms with E-state index in [1.807, 2.05) is 48.2 Å². The Hall–Kier alpha value is -2.16. The van der Waals surface area contributed by atoms with E-state index in [-0.39, 0.29) is 11.9 Å². The van der Waals surface area contributed by atoms with Gasteiger partial charge in [0.1, 0.15) is 14.3 Å². The number of rotatable bonds is 6. The van der Waals surface area contributed by atoms with E-state index >= 15 is 0 Å². The third-order valence-corrected chi connectivity index (χ3v) is 9.66. The van der Waals surface area contributed by atoms with Gasteiger partial charge in [0.25, 0.3) is 5.91 Å². The zero-order valence-electron chi connectivity index (χ0n) is 21.3. The van der Waals surface area contributed by atoms with Crippen LogP contribution in [0, 0.1) is 16.5 Å². The monoisotopic (exact) mass is 644 g/mol. The van der Waals surface area contributed by atoms with Crippen molar-refractivity contribution in [3.05, 3.63) is 79.5 Å². The second-order valence-electron chi connectivity index (χ2n) is 9.88. The first-order valence-electron chi connectivity index (χ1n) is 12.6. The Morgan fingerprint density at radius 1 is 1.14 bits per heavy atom. The molecule has 0 N–H and O–H groups in total. The molecule has 0 unspecified atom stereocenters. The van der Waals surface area contributed by atoms with Gasteiger partial charge in [0.15, 0.2) is 0 Å². The van der Waals surface area contributed by atoms with Gasteiger partial charge in [0.05, 0.1) is 12.1 Å². The molecule has 0 radical (unpaired) electrons. The fourth-order valence-corrected chi connectivity index (χ4v) is 7.30. The number of amides is 1. The summed E-state index contributed by atoms with van der Waals surface area (Å²) >= 11 is 10.5. The number of carbonyl (C=O) groups excluding carboxylic acids is 1. The Labute approximate surface area is 241 Å². The van der Waals surface area contributed by atoms with Crippen molar-refractivity contribution in [3.63, 3.8) is 0 Å². The van der Waals surface area contributed by atoms with Crippen LogP contribution in [0.1, 0.15) is 53.5 Å². The number of benzene rings is 2. The predicted octanol–water partition coefficient (Wildman–Crippen LogP) is 8.76. The third-order valence-electron chi connectivity index (χ3n) is 7.40. The zero-order valence-corrected chi connectivity index (χ0v) is 25.0. The van der Waals surface area contributed by atoms with Crippen molar-refractivity contribution >= 4 is 61.5 Å². The van der Waals surface area contributed by atoms with Crippen molar-refractivity contribution in [2.24, 2.45) is 5.92 Å². The highest BCUT2D eigenvalue weighted by atomic mass is 127. The molecule has 0 spiro atoms. The number of carbonyl (C=O) groups is 1. The standard InChI is InChI=1S/C30H30ClIN2O2S/c1-18-8-11-22(12-9-18)34(30(35)29-28(31)24-6-4-5-7-26(24)37-29)17-21-16-20(10-14-25(21)36-3)23-13-15-27(32)33-19(23)2/h4-7,10,13-16,18,22H,8-9,11-12,17H2,1-3H3. The normalized spacial score (nSPS) is 17.6. The SMILES string of the molecule is COc1ccc(-c2ccc(I)nc2C)cc1CN(C(=O)c1sc2ccccc2c1Cl)C1CCC(C)CC1. The van der Waals surface area contributed by atoms with Crippen molar-refractivity contribution in [1.29, 1.82) is 0 Å². The molecule has 4 nitrogen and oxygen atoms in total. The van der Waals surface area contributed by atoms with Gasteiger partial charge in [-0.1, -0.05) is 42.8 Å². The molecule has 7 heteroatoms. The van der Waals surface area contributed by atoms with Crippen LogP contribution in [0.15, 0.2) is 54.6 Å². The van der Waals surface area contributed by atoms with E-state index < -0.39 is 0 Å². The van der Waals surface area contributed by atoms with Crippen LogP contribution in [0.5, 0.6) is 5.75 Å². The number of halogens is 2. The lowest BCUT2D eigenvalue weighted by Crippen LogP contribution is -2.41. The van der Waals surface area contributed by atoms with Gasteiger partial charge in [-0.05, 0) is 97.0 Å². The molecule has 1 aliphatic rings. The number of fused-ring (bicyclic) bond motifs is 1. The number of aryl methyl sites for hydroxylation is 1. The first-order valence-corrected chi connectivity index (χ1v) is 14.9. The molecule has 2 heterocycles. The molecular formula is C30H30ClIN2O2S. The van der Waals surface area contributed by atoms with Crippen molar-refractivity contribution < 1.29 is 9.53 Å². The largest absolute Gasteiger partial charge is 0.496 e. The van der Waals surface area contributed by atoms with Crippen LogP contribution in [0.2, 0.25) is 5.02 Å². The van der Waals surface area contributed by atoms with Crippen molar-refractivity contribution in [1.82, 2.24) is 9.88 Å². The molecule has 0 bridgehead atoms. The van der Waals surface area contributed by atoms with E-state index in [0.29, 0.717) is 22.4 Å². The Morgan fingerprint density at radius 3 is 2.59 bits per heavy atom. The predicted molar refractivity (Wildman–Crippen MR) is 162 cm³/mol. The summed E-state index contributed by atoms with van der Waals surface area (Å²) in [6.45, 7) is 4.80. The van der Waals surface area contributed by atoms with Gasteiger partial charge in [0, 0.05) is 39.5 Å². The fraction of sp³-hybridized carbons (Fsp3) is 0.333. The maximum Gasteiger partial charge on any atom is 0.266 e. The lowest BCUT2D eigenvalue weighted by Gasteiger charge is -2.36. The highest BCUT2D eigenvalue weighted by Crippen LogP contribution is 2.39. The van der Waals surface area contributed by atoms with Crippen LogP contribution in [0.3, 0.4) is 0 Å². The summed E-state index contributed by atoms with van der Waals surface area (Å²) in [7, 11) is 1.69. The minimum absolute atomic E-state index is 0.00493. The average molecular weight is 645 g/mol. The smallest absolute Gasteiger partial charge is 0.266 e. The van der Waals surface area contributed by atoms with Gasteiger partial charge in [-0.2, -0.15) is 0 Å². The number of hydrogen-bond acceptors (Lipinski definition) is 4. The lowest BCUT2D eigenvalue weighted by atomic mass is 9.86. The van der Waals surface area contributed by atoms with Gasteiger partial charge >= 0.3 is 0 Å². The van der Waals surface area contributed by atoms with Gasteiger partial charge in [-0.15, -0.1) is 11.3 Å². The average Bonchev–Trinajstić information content (AvgIpc) is 3.24. The van der Waals surface area contributed by atoms with Crippen molar-refractivity contribution in [3.8, 4) is 16.9 Å². The third kappa shape index (κ3) is 5.52. The molecule has 0 aliphatic heterocycles. The van der Waals surface area contributed by atoms with E-state index in [1.54, 1.807) is 7.11 Å². The summed E-state index contributed by atoms with van der Waals surface area (Å²) in [5.74, 6) is 1.48. The summed E-state index contributed by atoms with van der Waals surface area (Å²) in [4.78, 5) is 21.5. The number of thiophene rings is 1. The molecule has 2 aromatic heterocycles. The molecule has 192 valence electrons. The number of aromatic nitrogens is 1. The molecular weight excluding hydrogens is 615 g/mol. The molecule has 1 fully saturated rings. The van der Waals surface area contributed by atoms with Gasteiger partial charge in [-0.3, -0.25) is 4.79 Å². The molecule has 37 heavy (non-hydrogen) atoms. The van der Waals surface area contributed by atoms with E-state index in [0.717, 1.165) is 67.6 Å². The fourth-order valence-electron chi connectivity index (χ4n) is 5.29. The molecule has 1 saturated carbocycles. The van der Waals surface area contributed by atoms with Crippen LogP contribution in [-0.4, -0.2) is 28.9 Å². The topological polar surface area (TPSA) is 42.4 Å². The minimum atomic E-state index is 0.00493. The molecule has 4 aromatic rings. The van der Waals surface area contributed by atoms with Crippen LogP contribution in [0.4, 0.5) is 0 Å². The summed E-state index contributed by atoms with van der Waals surface area (Å²) < 4.78 is 7.77. The number of nitrogens with zero attached hydrogens (tertiary/aromatic N) is 2. The van der Waals surface area contributed by atoms with Crippen molar-refractivity contribution in [2.75, 3.05) is 7.11 Å². The number of ether oxygens (including phenoxy) is 1. The summed E-state index contributed by atoms with van der Waals surface area (Å²) in [6.07, 6.45) is 4.24. The van der Waals surface area contributed by atoms with Crippen LogP contribution >= 0.6 is 45.5 Å². The molecule has 2 aromatic carbocycles. The first kappa shape index (κ1) is 26.4. The highest BCUT2D eigenvalue weighted by molar-refractivity contribution is 14.1. The quantitative estimate of drug-likeness (QED) is 0.156. The number of pyridine rings is 1. The maximum atomic E-state index is 14.2. The highest BCUT2D eigenvalue weighted by Gasteiger charge is 2.31. The maximum absolute atomic E-state index is 14.2. The van der Waals surface area contributed by atoms with E-state index in [4.69, 9.17) is 16.3 Å². The summed E-state index contributed by atoms with van der Waals surface area (Å²) in [6, 6.07) is 18.5. The molecule has 1 aliphatic carbocycles. The van der Waals surface area contributed by atoms with Crippen LogP contribution < -0.4 is 4.74 Å². The van der Waals surface area contributed by atoms with Crippen LogP contribution in [-0.2, 0) is 6.54 Å². The Kier molecular flexibility index (Phi) is 8.07. The zero-order chi connectivity index (χ0) is 26.1.